The Balaban J connectivity index is 1.81. The van der Waals surface area contributed by atoms with Crippen LogP contribution in [0.15, 0.2) is 29.1 Å². The number of pyridine rings is 1. The molecule has 0 aliphatic heterocycles. The van der Waals surface area contributed by atoms with Gasteiger partial charge in [-0.1, -0.05) is 20.8 Å². The third-order valence-corrected chi connectivity index (χ3v) is 4.96. The average molecular weight is 316 g/mol. The fourth-order valence-electron chi connectivity index (χ4n) is 1.97. The van der Waals surface area contributed by atoms with Gasteiger partial charge in [-0.05, 0) is 17.5 Å². The van der Waals surface area contributed by atoms with Crippen LogP contribution < -0.4 is 0 Å². The van der Waals surface area contributed by atoms with Crippen LogP contribution in [0.5, 0.6) is 0 Å². The normalized spacial score (nSPS) is 12.0. The van der Waals surface area contributed by atoms with Gasteiger partial charge in [0.15, 0.2) is 5.78 Å². The van der Waals surface area contributed by atoms with Crippen LogP contribution >= 0.6 is 22.7 Å². The van der Waals surface area contributed by atoms with Crippen LogP contribution in [0.4, 0.5) is 0 Å². The minimum Gasteiger partial charge on any atom is -0.294 e. The molecule has 3 aromatic rings. The maximum Gasteiger partial charge on any atom is 0.171 e. The molecule has 5 heteroatoms. The summed E-state index contributed by atoms with van der Waals surface area (Å²) in [7, 11) is 0. The topological polar surface area (TPSA) is 42.9 Å². The van der Waals surface area contributed by atoms with E-state index in [2.05, 4.69) is 30.7 Å². The van der Waals surface area contributed by atoms with E-state index in [9.17, 15) is 4.79 Å². The molecule has 0 amide bonds. The van der Waals surface area contributed by atoms with E-state index in [0.717, 1.165) is 20.9 Å². The van der Waals surface area contributed by atoms with Crippen LogP contribution in [0, 0.1) is 0 Å². The lowest BCUT2D eigenvalue weighted by molar-refractivity contribution is 0.0992. The number of fused-ring (bicyclic) bond motifs is 1. The molecule has 21 heavy (non-hydrogen) atoms. The molecular weight excluding hydrogens is 300 g/mol. The van der Waals surface area contributed by atoms with E-state index in [1.807, 2.05) is 22.9 Å². The van der Waals surface area contributed by atoms with Crippen molar-refractivity contribution >= 4 is 38.7 Å². The monoisotopic (exact) mass is 316 g/mol. The first-order chi connectivity index (χ1) is 9.93. The van der Waals surface area contributed by atoms with Gasteiger partial charge in [0.1, 0.15) is 5.01 Å². The fraction of sp³-hybridized carbons (Fsp3) is 0.312. The molecule has 0 aromatic carbocycles. The van der Waals surface area contributed by atoms with Crippen LogP contribution in [-0.4, -0.2) is 15.8 Å². The summed E-state index contributed by atoms with van der Waals surface area (Å²) in [6.07, 6.45) is 2.01. The lowest BCUT2D eigenvalue weighted by Crippen LogP contribution is -2.12. The number of ketones is 1. The molecule has 0 aliphatic rings. The molecule has 0 atom stereocenters. The first-order valence-corrected chi connectivity index (χ1v) is 8.51. The summed E-state index contributed by atoms with van der Waals surface area (Å²) >= 11 is 3.16. The zero-order chi connectivity index (χ0) is 15.0. The Hall–Kier alpha value is -1.59. The number of hydrogen-bond donors (Lipinski definition) is 0. The molecule has 0 saturated carbocycles. The van der Waals surface area contributed by atoms with Crippen molar-refractivity contribution in [3.63, 3.8) is 0 Å². The largest absolute Gasteiger partial charge is 0.294 e. The van der Waals surface area contributed by atoms with Gasteiger partial charge in [0.2, 0.25) is 0 Å². The number of hydrogen-bond acceptors (Lipinski definition) is 5. The highest BCUT2D eigenvalue weighted by atomic mass is 32.1. The van der Waals surface area contributed by atoms with Gasteiger partial charge in [0.25, 0.3) is 0 Å². The van der Waals surface area contributed by atoms with Crippen LogP contribution in [0.1, 0.15) is 41.8 Å². The predicted octanol–water partition coefficient (Wildman–Crippen LogP) is 4.48. The summed E-state index contributed by atoms with van der Waals surface area (Å²) < 4.78 is 1.05. The SMILES string of the molecule is CC(C)(C)c1csc(CC(=O)c2cnc3ccsc3c2)n1. The van der Waals surface area contributed by atoms with Crippen LogP contribution in [0.2, 0.25) is 0 Å². The Labute approximate surface area is 131 Å². The molecule has 0 saturated heterocycles. The quantitative estimate of drug-likeness (QED) is 0.669. The van der Waals surface area contributed by atoms with Gasteiger partial charge in [-0.2, -0.15) is 0 Å². The van der Waals surface area contributed by atoms with Crippen molar-refractivity contribution in [2.45, 2.75) is 32.6 Å². The molecule has 0 N–H and O–H groups in total. The Morgan fingerprint density at radius 2 is 2.10 bits per heavy atom. The number of nitrogens with zero attached hydrogens (tertiary/aromatic N) is 2. The maximum absolute atomic E-state index is 12.4. The summed E-state index contributed by atoms with van der Waals surface area (Å²) in [6.45, 7) is 6.38. The smallest absolute Gasteiger partial charge is 0.171 e. The highest BCUT2D eigenvalue weighted by molar-refractivity contribution is 7.17. The second-order valence-electron chi connectivity index (χ2n) is 6.00. The third kappa shape index (κ3) is 3.04. The highest BCUT2D eigenvalue weighted by Gasteiger charge is 2.19. The molecule has 0 bridgehead atoms. The summed E-state index contributed by atoms with van der Waals surface area (Å²) in [6, 6.07) is 3.89. The minimum atomic E-state index is 0.0230. The van der Waals surface area contributed by atoms with Crippen molar-refractivity contribution in [1.29, 1.82) is 0 Å². The number of carbonyl (C=O) groups is 1. The molecule has 3 rings (SSSR count). The Bertz CT molecular complexity index is 796. The van der Waals surface area contributed by atoms with E-state index < -0.39 is 0 Å². The second-order valence-corrected chi connectivity index (χ2v) is 7.89. The highest BCUT2D eigenvalue weighted by Crippen LogP contribution is 2.25. The van der Waals surface area contributed by atoms with E-state index in [-0.39, 0.29) is 11.2 Å². The molecule has 108 valence electrons. The van der Waals surface area contributed by atoms with Crippen LogP contribution in [-0.2, 0) is 11.8 Å². The van der Waals surface area contributed by atoms with E-state index >= 15 is 0 Å². The fourth-order valence-corrected chi connectivity index (χ4v) is 3.77. The number of thiophene rings is 1. The van der Waals surface area contributed by atoms with Gasteiger partial charge in [0, 0.05) is 22.6 Å². The van der Waals surface area contributed by atoms with Crippen molar-refractivity contribution in [2.75, 3.05) is 0 Å². The molecule has 0 spiro atoms. The maximum atomic E-state index is 12.4. The van der Waals surface area contributed by atoms with Gasteiger partial charge in [-0.15, -0.1) is 22.7 Å². The molecule has 0 radical (unpaired) electrons. The molecule has 0 unspecified atom stereocenters. The molecular formula is C16H16N2OS2. The Morgan fingerprint density at radius 1 is 1.29 bits per heavy atom. The van der Waals surface area contributed by atoms with Crippen LogP contribution in [0.25, 0.3) is 10.2 Å². The van der Waals surface area contributed by atoms with E-state index in [1.165, 1.54) is 0 Å². The van der Waals surface area contributed by atoms with Crippen molar-refractivity contribution in [2.24, 2.45) is 0 Å². The van der Waals surface area contributed by atoms with Gasteiger partial charge in [-0.25, -0.2) is 4.98 Å². The lowest BCUT2D eigenvalue weighted by atomic mass is 9.93. The van der Waals surface area contributed by atoms with Crippen molar-refractivity contribution in [3.8, 4) is 0 Å². The summed E-state index contributed by atoms with van der Waals surface area (Å²) in [5, 5.41) is 4.90. The standard InChI is InChI=1S/C16H16N2OS2/c1-16(2,3)14-9-21-15(18-14)7-12(19)10-6-13-11(17-8-10)4-5-20-13/h4-6,8-9H,7H2,1-3H3. The minimum absolute atomic E-state index is 0.0230. The number of thiazole rings is 1. The number of carbonyl (C=O) groups excluding carboxylic acids is 1. The lowest BCUT2D eigenvalue weighted by Gasteiger charge is -2.14. The predicted molar refractivity (Wildman–Crippen MR) is 88.5 cm³/mol. The van der Waals surface area contributed by atoms with Gasteiger partial charge >= 0.3 is 0 Å². The van der Waals surface area contributed by atoms with Gasteiger partial charge in [0.05, 0.1) is 22.3 Å². The number of Topliss-reactive ketones (excluding diaryl/α,β-unsaturated/α-hetero) is 1. The molecule has 3 aromatic heterocycles. The zero-order valence-electron chi connectivity index (χ0n) is 12.2. The first kappa shape index (κ1) is 14.4. The van der Waals surface area contributed by atoms with E-state index in [0.29, 0.717) is 12.0 Å². The molecule has 0 fully saturated rings. The van der Waals surface area contributed by atoms with Gasteiger partial charge in [-0.3, -0.25) is 9.78 Å². The first-order valence-electron chi connectivity index (χ1n) is 6.75. The molecule has 0 aliphatic carbocycles. The summed E-state index contributed by atoms with van der Waals surface area (Å²) in [5.41, 5.74) is 2.68. The van der Waals surface area contributed by atoms with Crippen LogP contribution in [0.3, 0.4) is 0 Å². The Morgan fingerprint density at radius 3 is 2.81 bits per heavy atom. The van der Waals surface area contributed by atoms with E-state index in [4.69, 9.17) is 0 Å². The van der Waals surface area contributed by atoms with Crippen molar-refractivity contribution in [3.05, 3.63) is 45.4 Å². The molecule has 3 heterocycles. The van der Waals surface area contributed by atoms with Crippen molar-refractivity contribution in [1.82, 2.24) is 9.97 Å². The summed E-state index contributed by atoms with van der Waals surface area (Å²) in [5.74, 6) is 0.0765. The number of rotatable bonds is 3. The second kappa shape index (κ2) is 5.31. The Kier molecular flexibility index (Phi) is 3.63. The van der Waals surface area contributed by atoms with E-state index in [1.54, 1.807) is 28.9 Å². The summed E-state index contributed by atoms with van der Waals surface area (Å²) in [4.78, 5) is 21.3. The number of aromatic nitrogens is 2. The van der Waals surface area contributed by atoms with Crippen molar-refractivity contribution < 1.29 is 4.79 Å². The third-order valence-electron chi connectivity index (χ3n) is 3.26. The van der Waals surface area contributed by atoms with Gasteiger partial charge < -0.3 is 0 Å². The average Bonchev–Trinajstić information content (AvgIpc) is 3.04. The molecule has 3 nitrogen and oxygen atoms in total. The zero-order valence-corrected chi connectivity index (χ0v) is 13.8.